The van der Waals surface area contributed by atoms with Crippen LogP contribution in [-0.4, -0.2) is 21.0 Å². The van der Waals surface area contributed by atoms with Crippen molar-refractivity contribution in [1.29, 1.82) is 0 Å². The van der Waals surface area contributed by atoms with Crippen molar-refractivity contribution in [3.8, 4) is 0 Å². The van der Waals surface area contributed by atoms with Gasteiger partial charge in [-0.2, -0.15) is 0 Å². The van der Waals surface area contributed by atoms with Crippen molar-refractivity contribution in [2.75, 3.05) is 0 Å². The van der Waals surface area contributed by atoms with Gasteiger partial charge >= 0.3 is 0 Å². The first-order valence-electron chi connectivity index (χ1n) is 2.60. The molecule has 0 saturated carbocycles. The molecule has 0 saturated heterocycles. The molecule has 0 aromatic carbocycles. The molecule has 10 heavy (non-hydrogen) atoms. The molecule has 0 radical (unpaired) electrons. The van der Waals surface area contributed by atoms with Crippen LogP contribution < -0.4 is 0 Å². The molecule has 0 spiro atoms. The molecular formula is C5H6BrN3O. The van der Waals surface area contributed by atoms with Gasteiger partial charge < -0.3 is 9.77 Å². The summed E-state index contributed by atoms with van der Waals surface area (Å²) in [6, 6.07) is 0. The summed E-state index contributed by atoms with van der Waals surface area (Å²) in [4.78, 5) is 3.91. The Bertz CT molecular complexity index is 255. The van der Waals surface area contributed by atoms with Crippen LogP contribution in [0.1, 0.15) is 5.82 Å². The Labute approximate surface area is 66.3 Å². The highest BCUT2D eigenvalue weighted by atomic mass is 79.9. The van der Waals surface area contributed by atoms with Crippen molar-refractivity contribution >= 4 is 22.1 Å². The molecule has 5 heteroatoms. The van der Waals surface area contributed by atoms with Gasteiger partial charge in [0, 0.05) is 7.05 Å². The van der Waals surface area contributed by atoms with Crippen LogP contribution >= 0.6 is 15.9 Å². The summed E-state index contributed by atoms with van der Waals surface area (Å²) in [6.45, 7) is 0. The van der Waals surface area contributed by atoms with Gasteiger partial charge in [-0.3, -0.25) is 0 Å². The molecule has 0 aliphatic carbocycles. The number of hydrogen-bond donors (Lipinski definition) is 1. The molecule has 0 amide bonds. The van der Waals surface area contributed by atoms with Gasteiger partial charge in [0.1, 0.15) is 10.8 Å². The van der Waals surface area contributed by atoms with Gasteiger partial charge in [-0.05, 0) is 15.9 Å². The van der Waals surface area contributed by atoms with Crippen LogP contribution in [0.15, 0.2) is 16.0 Å². The number of rotatable bonds is 1. The van der Waals surface area contributed by atoms with E-state index in [4.69, 9.17) is 5.21 Å². The van der Waals surface area contributed by atoms with E-state index in [1.807, 2.05) is 7.05 Å². The number of hydrogen-bond acceptors (Lipinski definition) is 3. The minimum atomic E-state index is 0.606. The SMILES string of the molecule is Cn1c(Br)cnc1C=NO. The lowest BCUT2D eigenvalue weighted by Crippen LogP contribution is -1.95. The highest BCUT2D eigenvalue weighted by Crippen LogP contribution is 2.07. The van der Waals surface area contributed by atoms with Gasteiger partial charge in [0.25, 0.3) is 0 Å². The van der Waals surface area contributed by atoms with Gasteiger partial charge in [-0.15, -0.1) is 0 Å². The van der Waals surface area contributed by atoms with Gasteiger partial charge in [-0.1, -0.05) is 5.16 Å². The first-order chi connectivity index (χ1) is 4.75. The fourth-order valence-electron chi connectivity index (χ4n) is 0.574. The van der Waals surface area contributed by atoms with E-state index in [-0.39, 0.29) is 0 Å². The summed E-state index contributed by atoms with van der Waals surface area (Å²) in [6.07, 6.45) is 2.90. The van der Waals surface area contributed by atoms with E-state index < -0.39 is 0 Å². The third kappa shape index (κ3) is 1.18. The smallest absolute Gasteiger partial charge is 0.155 e. The second-order valence-electron chi connectivity index (χ2n) is 1.74. The summed E-state index contributed by atoms with van der Waals surface area (Å²) < 4.78 is 2.60. The fourth-order valence-corrected chi connectivity index (χ4v) is 0.858. The van der Waals surface area contributed by atoms with Crippen LogP contribution in [0.5, 0.6) is 0 Å². The fraction of sp³-hybridized carbons (Fsp3) is 0.200. The zero-order valence-corrected chi connectivity index (χ0v) is 6.91. The maximum atomic E-state index is 8.15. The zero-order chi connectivity index (χ0) is 7.56. The highest BCUT2D eigenvalue weighted by molar-refractivity contribution is 9.10. The quantitative estimate of drug-likeness (QED) is 0.421. The van der Waals surface area contributed by atoms with Crippen molar-refractivity contribution in [3.63, 3.8) is 0 Å². The van der Waals surface area contributed by atoms with E-state index in [1.54, 1.807) is 10.8 Å². The Morgan fingerprint density at radius 1 is 1.90 bits per heavy atom. The molecule has 0 atom stereocenters. The van der Waals surface area contributed by atoms with Crippen molar-refractivity contribution in [3.05, 3.63) is 16.6 Å². The Morgan fingerprint density at radius 3 is 3.00 bits per heavy atom. The molecule has 0 bridgehead atoms. The monoisotopic (exact) mass is 203 g/mol. The van der Waals surface area contributed by atoms with Crippen molar-refractivity contribution in [2.45, 2.75) is 0 Å². The predicted octanol–water partition coefficient (Wildman–Crippen LogP) is 0.991. The Morgan fingerprint density at radius 2 is 2.60 bits per heavy atom. The average Bonchev–Trinajstić information content (AvgIpc) is 2.20. The lowest BCUT2D eigenvalue weighted by molar-refractivity contribution is 0.321. The van der Waals surface area contributed by atoms with Crippen molar-refractivity contribution in [2.24, 2.45) is 12.2 Å². The summed E-state index contributed by atoms with van der Waals surface area (Å²) in [5.41, 5.74) is 0. The van der Waals surface area contributed by atoms with E-state index in [2.05, 4.69) is 26.1 Å². The lowest BCUT2D eigenvalue weighted by Gasteiger charge is -1.92. The largest absolute Gasteiger partial charge is 0.411 e. The molecule has 54 valence electrons. The standard InChI is InChI=1S/C5H6BrN3O/c1-9-4(6)2-7-5(9)3-8-10/h2-3,10H,1H3. The normalized spacial score (nSPS) is 11.0. The number of imidazole rings is 1. The molecule has 1 aromatic rings. The number of halogens is 1. The van der Waals surface area contributed by atoms with Crippen LogP contribution in [0, 0.1) is 0 Å². The molecule has 0 fully saturated rings. The number of nitrogens with zero attached hydrogens (tertiary/aromatic N) is 3. The molecule has 0 aliphatic heterocycles. The van der Waals surface area contributed by atoms with E-state index in [0.29, 0.717) is 5.82 Å². The van der Waals surface area contributed by atoms with Gasteiger partial charge in [-0.25, -0.2) is 4.98 Å². The topological polar surface area (TPSA) is 50.4 Å². The van der Waals surface area contributed by atoms with Crippen LogP contribution in [0.4, 0.5) is 0 Å². The third-order valence-corrected chi connectivity index (χ3v) is 1.88. The van der Waals surface area contributed by atoms with Gasteiger partial charge in [0.05, 0.1) is 6.20 Å². The van der Waals surface area contributed by atoms with E-state index in [9.17, 15) is 0 Å². The molecule has 0 unspecified atom stereocenters. The van der Waals surface area contributed by atoms with Crippen LogP contribution in [0.2, 0.25) is 0 Å². The molecule has 0 aliphatic rings. The van der Waals surface area contributed by atoms with E-state index in [0.717, 1.165) is 4.60 Å². The lowest BCUT2D eigenvalue weighted by atomic mass is 10.7. The first kappa shape index (κ1) is 7.27. The van der Waals surface area contributed by atoms with E-state index >= 15 is 0 Å². The van der Waals surface area contributed by atoms with Crippen LogP contribution in [0.3, 0.4) is 0 Å². The second-order valence-corrected chi connectivity index (χ2v) is 2.56. The minimum absolute atomic E-state index is 0.606. The molecule has 1 aromatic heterocycles. The summed E-state index contributed by atoms with van der Waals surface area (Å²) in [7, 11) is 1.81. The Kier molecular flexibility index (Phi) is 2.06. The second kappa shape index (κ2) is 2.83. The number of oxime groups is 1. The minimum Gasteiger partial charge on any atom is -0.411 e. The molecule has 1 rings (SSSR count). The molecular weight excluding hydrogens is 198 g/mol. The molecule has 1 heterocycles. The molecule has 1 N–H and O–H groups in total. The van der Waals surface area contributed by atoms with Crippen LogP contribution in [-0.2, 0) is 7.05 Å². The summed E-state index contributed by atoms with van der Waals surface area (Å²) >= 11 is 3.24. The Hall–Kier alpha value is -0.840. The van der Waals surface area contributed by atoms with Gasteiger partial charge in [0.2, 0.25) is 0 Å². The predicted molar refractivity (Wildman–Crippen MR) is 40.3 cm³/mol. The maximum absolute atomic E-state index is 8.15. The van der Waals surface area contributed by atoms with Crippen molar-refractivity contribution < 1.29 is 5.21 Å². The van der Waals surface area contributed by atoms with E-state index in [1.165, 1.54) is 6.21 Å². The highest BCUT2D eigenvalue weighted by Gasteiger charge is 1.99. The zero-order valence-electron chi connectivity index (χ0n) is 5.32. The summed E-state index contributed by atoms with van der Waals surface area (Å²) in [5, 5.41) is 11.0. The third-order valence-electron chi connectivity index (χ3n) is 1.14. The van der Waals surface area contributed by atoms with Crippen molar-refractivity contribution in [1.82, 2.24) is 9.55 Å². The summed E-state index contributed by atoms with van der Waals surface area (Å²) in [5.74, 6) is 0.606. The average molecular weight is 204 g/mol. The maximum Gasteiger partial charge on any atom is 0.155 e. The van der Waals surface area contributed by atoms with Gasteiger partial charge in [0.15, 0.2) is 5.82 Å². The number of aromatic nitrogens is 2. The Balaban J connectivity index is 3.05. The van der Waals surface area contributed by atoms with Crippen LogP contribution in [0.25, 0.3) is 0 Å². The molecule has 4 nitrogen and oxygen atoms in total. The first-order valence-corrected chi connectivity index (χ1v) is 3.39.